The van der Waals surface area contributed by atoms with Gasteiger partial charge in [-0.1, -0.05) is 194 Å². The van der Waals surface area contributed by atoms with Gasteiger partial charge in [0.2, 0.25) is 0 Å². The van der Waals surface area contributed by atoms with E-state index in [1.807, 2.05) is 29.5 Å². The maximum atomic E-state index is 5.26. The molecule has 0 spiro atoms. The van der Waals surface area contributed by atoms with E-state index in [-0.39, 0.29) is 0 Å². The fraction of sp³-hybridized carbons (Fsp3) is 0.0172. The molecule has 0 atom stereocenters. The first-order chi connectivity index (χ1) is 30.7. The summed E-state index contributed by atoms with van der Waals surface area (Å²) in [4.78, 5) is 15.6. The van der Waals surface area contributed by atoms with E-state index < -0.39 is 5.41 Å². The number of hydrogen-bond acceptors (Lipinski definition) is 4. The van der Waals surface area contributed by atoms with Crippen molar-refractivity contribution in [1.29, 1.82) is 0 Å². The van der Waals surface area contributed by atoms with E-state index in [4.69, 9.17) is 15.0 Å². The zero-order valence-electron chi connectivity index (χ0n) is 33.6. The van der Waals surface area contributed by atoms with Gasteiger partial charge in [0, 0.05) is 36.9 Å². The highest BCUT2D eigenvalue weighted by Crippen LogP contribution is 2.56. The van der Waals surface area contributed by atoms with Crippen molar-refractivity contribution in [3.05, 3.63) is 247 Å². The Morgan fingerprint density at radius 2 is 0.726 bits per heavy atom. The molecule has 0 amide bonds. The molecule has 3 nitrogen and oxygen atoms in total. The van der Waals surface area contributed by atoms with Gasteiger partial charge < -0.3 is 0 Å². The number of hydrogen-bond donors (Lipinski definition) is 0. The number of benzene rings is 9. The molecule has 9 aromatic carbocycles. The summed E-state index contributed by atoms with van der Waals surface area (Å²) in [6.45, 7) is 0. The minimum absolute atomic E-state index is 0.447. The second-order valence-electron chi connectivity index (χ2n) is 15.9. The van der Waals surface area contributed by atoms with Crippen LogP contribution in [0.25, 0.3) is 87.7 Å². The van der Waals surface area contributed by atoms with E-state index in [9.17, 15) is 0 Å². The maximum absolute atomic E-state index is 5.26. The molecule has 12 rings (SSSR count). The molecule has 1 aliphatic rings. The van der Waals surface area contributed by atoms with Gasteiger partial charge in [0.15, 0.2) is 17.5 Å². The average molecular weight is 808 g/mol. The Bertz CT molecular complexity index is 3350. The van der Waals surface area contributed by atoms with Crippen molar-refractivity contribution in [3.8, 4) is 67.5 Å². The lowest BCUT2D eigenvalue weighted by atomic mass is 9.67. The minimum atomic E-state index is -0.447. The van der Waals surface area contributed by atoms with E-state index in [1.54, 1.807) is 0 Å². The summed E-state index contributed by atoms with van der Waals surface area (Å²) < 4.78 is 2.44. The summed E-state index contributed by atoms with van der Waals surface area (Å²) >= 11 is 1.83. The molecule has 290 valence electrons. The summed E-state index contributed by atoms with van der Waals surface area (Å²) in [6.07, 6.45) is 0. The van der Waals surface area contributed by atoms with E-state index in [0.717, 1.165) is 38.9 Å². The summed E-state index contributed by atoms with van der Waals surface area (Å²) in [5.41, 5.74) is 14.6. The number of thiophene rings is 1. The third-order valence-corrected chi connectivity index (χ3v) is 13.5. The summed E-state index contributed by atoms with van der Waals surface area (Å²) in [6, 6.07) is 80.6. The first-order valence-electron chi connectivity index (χ1n) is 21.0. The zero-order chi connectivity index (χ0) is 41.0. The van der Waals surface area contributed by atoms with Crippen LogP contribution in [0.5, 0.6) is 0 Å². The van der Waals surface area contributed by atoms with Crippen molar-refractivity contribution in [2.75, 3.05) is 0 Å². The van der Waals surface area contributed by atoms with Gasteiger partial charge in [0.25, 0.3) is 0 Å². The van der Waals surface area contributed by atoms with E-state index in [0.29, 0.717) is 17.5 Å². The topological polar surface area (TPSA) is 38.7 Å². The van der Waals surface area contributed by atoms with Crippen molar-refractivity contribution in [2.24, 2.45) is 0 Å². The van der Waals surface area contributed by atoms with Gasteiger partial charge in [-0.25, -0.2) is 15.0 Å². The van der Waals surface area contributed by atoms with Crippen molar-refractivity contribution in [3.63, 3.8) is 0 Å². The van der Waals surface area contributed by atoms with Crippen LogP contribution in [0.1, 0.15) is 22.3 Å². The molecule has 0 fully saturated rings. The maximum Gasteiger partial charge on any atom is 0.164 e. The van der Waals surface area contributed by atoms with E-state index in [1.165, 1.54) is 53.6 Å². The highest BCUT2D eigenvalue weighted by molar-refractivity contribution is 7.25. The molecule has 2 heterocycles. The highest BCUT2D eigenvalue weighted by Gasteiger charge is 2.46. The lowest BCUT2D eigenvalue weighted by Gasteiger charge is -2.33. The lowest BCUT2D eigenvalue weighted by molar-refractivity contribution is 0.770. The van der Waals surface area contributed by atoms with Crippen molar-refractivity contribution >= 4 is 31.5 Å². The monoisotopic (exact) mass is 807 g/mol. The Labute approximate surface area is 364 Å². The first kappa shape index (κ1) is 36.1. The van der Waals surface area contributed by atoms with Gasteiger partial charge in [0.05, 0.1) is 5.41 Å². The Morgan fingerprint density at radius 1 is 0.290 bits per heavy atom. The number of fused-ring (bicyclic) bond motifs is 6. The normalized spacial score (nSPS) is 12.6. The Balaban J connectivity index is 1.02. The second kappa shape index (κ2) is 14.7. The minimum Gasteiger partial charge on any atom is -0.208 e. The quantitative estimate of drug-likeness (QED) is 0.161. The van der Waals surface area contributed by atoms with Crippen molar-refractivity contribution in [2.45, 2.75) is 5.41 Å². The molecule has 0 radical (unpaired) electrons. The summed E-state index contributed by atoms with van der Waals surface area (Å²) in [5, 5.41) is 2.47. The molecule has 0 saturated carbocycles. The second-order valence-corrected chi connectivity index (χ2v) is 17.0. The molecule has 11 aromatic rings. The van der Waals surface area contributed by atoms with Crippen LogP contribution in [0.15, 0.2) is 224 Å². The molecule has 0 unspecified atom stereocenters. The van der Waals surface area contributed by atoms with Crippen LogP contribution in [0.3, 0.4) is 0 Å². The van der Waals surface area contributed by atoms with Gasteiger partial charge in [0.1, 0.15) is 0 Å². The zero-order valence-corrected chi connectivity index (χ0v) is 34.4. The predicted molar refractivity (Wildman–Crippen MR) is 257 cm³/mol. The van der Waals surface area contributed by atoms with Crippen LogP contribution < -0.4 is 0 Å². The third kappa shape index (κ3) is 5.91. The SMILES string of the molecule is c1ccc(-c2cc(-c3ccccc3)cc(-c3nc(-c4ccccc4)nc(-c4ccc5c(c4)sc4cc(C6(c7ccccc7)c7ccccc7-c7ccccc76)ccc45)n3)c2)cc1. The van der Waals surface area contributed by atoms with E-state index in [2.05, 4.69) is 206 Å². The predicted octanol–water partition coefficient (Wildman–Crippen LogP) is 14.9. The largest absolute Gasteiger partial charge is 0.208 e. The van der Waals surface area contributed by atoms with Gasteiger partial charge >= 0.3 is 0 Å². The standard InChI is InChI=1S/C58H37N3S/c1-5-17-38(18-6-1)42-33-43(39-19-7-2-8-20-39)35-44(34-42)57-60-55(40-21-9-3-10-22-40)59-56(61-57)41-29-31-49-50-32-30-46(37-54(50)62-53(49)36-41)58(45-23-11-4-12-24-45)51-27-15-13-25-47(51)48-26-14-16-28-52(48)58/h1-37H. The van der Waals surface area contributed by atoms with Gasteiger partial charge in [-0.05, 0) is 86.0 Å². The average Bonchev–Trinajstić information content (AvgIpc) is 3.88. The van der Waals surface area contributed by atoms with Crippen LogP contribution in [-0.2, 0) is 5.41 Å². The third-order valence-electron chi connectivity index (χ3n) is 12.4. The summed E-state index contributed by atoms with van der Waals surface area (Å²) in [5.74, 6) is 1.91. The molecule has 2 aromatic heterocycles. The van der Waals surface area contributed by atoms with Crippen molar-refractivity contribution in [1.82, 2.24) is 15.0 Å². The smallest absolute Gasteiger partial charge is 0.164 e. The molecule has 0 saturated heterocycles. The van der Waals surface area contributed by atoms with Crippen LogP contribution in [0.4, 0.5) is 0 Å². The molecule has 4 heteroatoms. The van der Waals surface area contributed by atoms with Crippen LogP contribution in [0.2, 0.25) is 0 Å². The molecule has 62 heavy (non-hydrogen) atoms. The van der Waals surface area contributed by atoms with Crippen LogP contribution in [0, 0.1) is 0 Å². The van der Waals surface area contributed by atoms with Crippen molar-refractivity contribution < 1.29 is 0 Å². The van der Waals surface area contributed by atoms with Gasteiger partial charge in [-0.2, -0.15) is 0 Å². The van der Waals surface area contributed by atoms with Crippen LogP contribution in [-0.4, -0.2) is 15.0 Å². The molecule has 0 bridgehead atoms. The fourth-order valence-electron chi connectivity index (χ4n) is 9.56. The van der Waals surface area contributed by atoms with Gasteiger partial charge in [-0.15, -0.1) is 11.3 Å². The molecule has 1 aliphatic carbocycles. The number of rotatable bonds is 7. The Morgan fingerprint density at radius 3 is 1.31 bits per heavy atom. The molecular formula is C58H37N3S. The molecule has 0 N–H and O–H groups in total. The lowest BCUT2D eigenvalue weighted by Crippen LogP contribution is -2.28. The Kier molecular flexibility index (Phi) is 8.58. The highest BCUT2D eigenvalue weighted by atomic mass is 32.1. The van der Waals surface area contributed by atoms with E-state index >= 15 is 0 Å². The number of nitrogens with zero attached hydrogens (tertiary/aromatic N) is 3. The van der Waals surface area contributed by atoms with Crippen LogP contribution >= 0.6 is 11.3 Å². The molecule has 0 aliphatic heterocycles. The summed E-state index contributed by atoms with van der Waals surface area (Å²) in [7, 11) is 0. The fourth-order valence-corrected chi connectivity index (χ4v) is 10.7. The molecular weight excluding hydrogens is 771 g/mol. The number of aromatic nitrogens is 3. The van der Waals surface area contributed by atoms with Gasteiger partial charge in [-0.3, -0.25) is 0 Å². The first-order valence-corrected chi connectivity index (χ1v) is 21.8. The Hall–Kier alpha value is -7.79.